The minimum atomic E-state index is -0.535. The Labute approximate surface area is 160 Å². The lowest BCUT2D eigenvalue weighted by Crippen LogP contribution is -2.44. The van der Waals surface area contributed by atoms with Crippen LogP contribution in [0.5, 0.6) is 0 Å². The fourth-order valence-electron chi connectivity index (χ4n) is 5.13. The van der Waals surface area contributed by atoms with E-state index in [0.717, 1.165) is 32.3 Å². The molecule has 0 heterocycles. The highest BCUT2D eigenvalue weighted by atomic mass is 16.5. The van der Waals surface area contributed by atoms with Crippen LogP contribution in [-0.4, -0.2) is 46.8 Å². The molecule has 3 rings (SSSR count). The second-order valence-corrected chi connectivity index (χ2v) is 9.32. The number of hydrogen-bond donors (Lipinski definition) is 3. The SMILES string of the molecule is CCC(O)(CC)CCCCC12CCC(COCC(O)CCO)(CC1)CC2. The molecule has 0 amide bonds. The van der Waals surface area contributed by atoms with Crippen molar-refractivity contribution in [3.05, 3.63) is 0 Å². The number of aliphatic hydroxyl groups is 3. The Morgan fingerprint density at radius 3 is 2.08 bits per heavy atom. The molecule has 3 N–H and O–H groups in total. The summed E-state index contributed by atoms with van der Waals surface area (Å²) in [5, 5.41) is 29.0. The zero-order valence-corrected chi connectivity index (χ0v) is 17.1. The molecule has 3 aliphatic carbocycles. The van der Waals surface area contributed by atoms with E-state index in [1.165, 1.54) is 51.4 Å². The van der Waals surface area contributed by atoms with Crippen LogP contribution in [0.3, 0.4) is 0 Å². The van der Waals surface area contributed by atoms with E-state index < -0.39 is 11.7 Å². The van der Waals surface area contributed by atoms with Crippen molar-refractivity contribution in [3.63, 3.8) is 0 Å². The van der Waals surface area contributed by atoms with Gasteiger partial charge in [0.15, 0.2) is 0 Å². The van der Waals surface area contributed by atoms with E-state index in [1.807, 2.05) is 0 Å². The third-order valence-electron chi connectivity index (χ3n) is 7.65. The molecular formula is C22H42O4. The second kappa shape index (κ2) is 9.86. The number of rotatable bonds is 13. The summed E-state index contributed by atoms with van der Waals surface area (Å²) in [6, 6.07) is 0. The van der Waals surface area contributed by atoms with Gasteiger partial charge in [0.2, 0.25) is 0 Å². The average Bonchev–Trinajstić information content (AvgIpc) is 2.67. The van der Waals surface area contributed by atoms with Crippen LogP contribution in [0.15, 0.2) is 0 Å². The summed E-state index contributed by atoms with van der Waals surface area (Å²) in [7, 11) is 0. The monoisotopic (exact) mass is 370 g/mol. The highest BCUT2D eigenvalue weighted by Crippen LogP contribution is 2.58. The third-order valence-corrected chi connectivity index (χ3v) is 7.65. The number of hydrogen-bond acceptors (Lipinski definition) is 4. The van der Waals surface area contributed by atoms with Crippen molar-refractivity contribution < 1.29 is 20.1 Å². The van der Waals surface area contributed by atoms with Crippen LogP contribution in [0.25, 0.3) is 0 Å². The summed E-state index contributed by atoms with van der Waals surface area (Å²) >= 11 is 0. The van der Waals surface area contributed by atoms with Gasteiger partial charge in [-0.3, -0.25) is 0 Å². The molecule has 1 atom stereocenters. The van der Waals surface area contributed by atoms with Crippen LogP contribution in [0, 0.1) is 10.8 Å². The Bertz CT molecular complexity index is 380. The third kappa shape index (κ3) is 5.92. The zero-order valence-electron chi connectivity index (χ0n) is 17.1. The molecule has 0 saturated heterocycles. The molecule has 2 bridgehead atoms. The van der Waals surface area contributed by atoms with Gasteiger partial charge in [0.05, 0.1) is 24.9 Å². The minimum absolute atomic E-state index is 0.0199. The van der Waals surface area contributed by atoms with Crippen LogP contribution >= 0.6 is 0 Å². The summed E-state index contributed by atoms with van der Waals surface area (Å²) < 4.78 is 5.81. The first-order valence-electron chi connectivity index (χ1n) is 11.0. The molecule has 3 aliphatic rings. The number of fused-ring (bicyclic) bond motifs is 3. The van der Waals surface area contributed by atoms with Gasteiger partial charge in [0.25, 0.3) is 0 Å². The fourth-order valence-corrected chi connectivity index (χ4v) is 5.13. The molecule has 0 spiro atoms. The number of unbranched alkanes of at least 4 members (excludes halogenated alkanes) is 1. The predicted octanol–water partition coefficient (Wildman–Crippen LogP) is 4.20. The van der Waals surface area contributed by atoms with Crippen LogP contribution in [0.2, 0.25) is 0 Å². The smallest absolute Gasteiger partial charge is 0.0795 e. The Morgan fingerprint density at radius 1 is 0.962 bits per heavy atom. The Balaban J connectivity index is 1.68. The molecule has 3 saturated carbocycles. The summed E-state index contributed by atoms with van der Waals surface area (Å²) in [6.07, 6.45) is 14.0. The maximum absolute atomic E-state index is 10.4. The summed E-state index contributed by atoms with van der Waals surface area (Å²) in [4.78, 5) is 0. The van der Waals surface area contributed by atoms with Gasteiger partial charge in [-0.05, 0) is 81.5 Å². The Kier molecular flexibility index (Phi) is 8.39. The van der Waals surface area contributed by atoms with E-state index in [2.05, 4.69) is 13.8 Å². The average molecular weight is 371 g/mol. The van der Waals surface area contributed by atoms with Gasteiger partial charge >= 0.3 is 0 Å². The molecule has 0 radical (unpaired) electrons. The largest absolute Gasteiger partial charge is 0.396 e. The van der Waals surface area contributed by atoms with E-state index in [-0.39, 0.29) is 6.61 Å². The lowest BCUT2D eigenvalue weighted by Gasteiger charge is -2.53. The lowest BCUT2D eigenvalue weighted by molar-refractivity contribution is -0.0823. The highest BCUT2D eigenvalue weighted by Gasteiger charge is 2.48. The predicted molar refractivity (Wildman–Crippen MR) is 105 cm³/mol. The summed E-state index contributed by atoms with van der Waals surface area (Å²) in [5.74, 6) is 0. The Hall–Kier alpha value is -0.160. The van der Waals surface area contributed by atoms with Crippen molar-refractivity contribution in [3.8, 4) is 0 Å². The molecule has 4 heteroatoms. The maximum Gasteiger partial charge on any atom is 0.0795 e. The van der Waals surface area contributed by atoms with Gasteiger partial charge in [-0.1, -0.05) is 26.7 Å². The minimum Gasteiger partial charge on any atom is -0.396 e. The normalized spacial score (nSPS) is 29.9. The van der Waals surface area contributed by atoms with E-state index in [0.29, 0.717) is 23.9 Å². The van der Waals surface area contributed by atoms with Crippen molar-refractivity contribution >= 4 is 0 Å². The van der Waals surface area contributed by atoms with Gasteiger partial charge in [-0.15, -0.1) is 0 Å². The first kappa shape index (κ1) is 22.1. The van der Waals surface area contributed by atoms with Gasteiger partial charge in [-0.25, -0.2) is 0 Å². The van der Waals surface area contributed by atoms with Gasteiger partial charge in [0, 0.05) is 6.61 Å². The summed E-state index contributed by atoms with van der Waals surface area (Å²) in [5.41, 5.74) is 0.448. The van der Waals surface area contributed by atoms with Crippen LogP contribution < -0.4 is 0 Å². The highest BCUT2D eigenvalue weighted by molar-refractivity contribution is 4.99. The van der Waals surface area contributed by atoms with E-state index >= 15 is 0 Å². The van der Waals surface area contributed by atoms with Gasteiger partial charge < -0.3 is 20.1 Å². The molecule has 1 unspecified atom stereocenters. The first-order valence-corrected chi connectivity index (χ1v) is 11.0. The van der Waals surface area contributed by atoms with Crippen molar-refractivity contribution in [2.24, 2.45) is 10.8 Å². The van der Waals surface area contributed by atoms with Crippen molar-refractivity contribution in [2.75, 3.05) is 19.8 Å². The standard InChI is InChI=1S/C22H42O4/c1-3-22(25,4-2)9-6-5-8-20-10-13-21(14-11-20,15-12-20)18-26-17-19(24)7-16-23/h19,23-25H,3-18H2,1-2H3. The molecule has 26 heavy (non-hydrogen) atoms. The second-order valence-electron chi connectivity index (χ2n) is 9.32. The zero-order chi connectivity index (χ0) is 19.1. The van der Waals surface area contributed by atoms with E-state index in [1.54, 1.807) is 0 Å². The van der Waals surface area contributed by atoms with Crippen LogP contribution in [-0.2, 0) is 4.74 Å². The Morgan fingerprint density at radius 2 is 1.54 bits per heavy atom. The quantitative estimate of drug-likeness (QED) is 0.425. The van der Waals surface area contributed by atoms with Crippen LogP contribution in [0.4, 0.5) is 0 Å². The van der Waals surface area contributed by atoms with Crippen LogP contribution in [0.1, 0.15) is 97.3 Å². The number of ether oxygens (including phenoxy) is 1. The maximum atomic E-state index is 10.4. The fraction of sp³-hybridized carbons (Fsp3) is 1.00. The van der Waals surface area contributed by atoms with E-state index in [4.69, 9.17) is 9.84 Å². The molecule has 0 aromatic rings. The topological polar surface area (TPSA) is 69.9 Å². The molecule has 0 aromatic carbocycles. The van der Waals surface area contributed by atoms with Crippen molar-refractivity contribution in [1.82, 2.24) is 0 Å². The van der Waals surface area contributed by atoms with Crippen molar-refractivity contribution in [2.45, 2.75) is 109 Å². The molecule has 0 aromatic heterocycles. The van der Waals surface area contributed by atoms with Gasteiger partial charge in [0.1, 0.15) is 0 Å². The van der Waals surface area contributed by atoms with Crippen molar-refractivity contribution in [1.29, 1.82) is 0 Å². The molecule has 154 valence electrons. The lowest BCUT2D eigenvalue weighted by atomic mass is 9.53. The molecular weight excluding hydrogens is 328 g/mol. The molecule has 3 fully saturated rings. The molecule has 0 aliphatic heterocycles. The van der Waals surface area contributed by atoms with Gasteiger partial charge in [-0.2, -0.15) is 0 Å². The first-order chi connectivity index (χ1) is 12.4. The molecule has 4 nitrogen and oxygen atoms in total. The number of aliphatic hydroxyl groups excluding tert-OH is 2. The summed E-state index contributed by atoms with van der Waals surface area (Å²) in [6.45, 7) is 5.33. The van der Waals surface area contributed by atoms with E-state index in [9.17, 15) is 10.2 Å².